The molecule has 2 heterocycles. The number of ketones is 1. The van der Waals surface area contributed by atoms with Gasteiger partial charge >= 0.3 is 0 Å². The Morgan fingerprint density at radius 3 is 2.18 bits per heavy atom. The first-order valence-electron chi connectivity index (χ1n) is 18.8. The molecular weight excluding hydrogens is 695 g/mol. The number of H-pyrrole nitrogens is 1. The average Bonchev–Trinajstić information content (AvgIpc) is 3.73. The summed E-state index contributed by atoms with van der Waals surface area (Å²) < 4.78 is 0. The zero-order valence-electron chi connectivity index (χ0n) is 30.2. The third kappa shape index (κ3) is 9.47. The molecule has 1 saturated heterocycles. The van der Waals surface area contributed by atoms with Gasteiger partial charge in [-0.15, -0.1) is 0 Å². The highest BCUT2D eigenvalue weighted by Crippen LogP contribution is 2.41. The fourth-order valence-corrected chi connectivity index (χ4v) is 8.43. The topological polar surface area (TPSA) is 170 Å². The molecule has 51 heavy (non-hydrogen) atoms. The van der Waals surface area contributed by atoms with Gasteiger partial charge in [0, 0.05) is 12.1 Å². The number of Topliss-reactive ketones (excluding diaryl/α,β-unsaturated/α-hetero) is 1. The molecule has 5 amide bonds. The summed E-state index contributed by atoms with van der Waals surface area (Å²) in [6.45, 7) is 7.48. The lowest BCUT2D eigenvalue weighted by atomic mass is 9.81. The molecule has 4 aliphatic rings. The Labute approximate surface area is 310 Å². The number of aromatic nitrogens is 1. The van der Waals surface area contributed by atoms with E-state index in [1.54, 1.807) is 4.90 Å². The van der Waals surface area contributed by atoms with Crippen LogP contribution in [0.3, 0.4) is 0 Å². The minimum atomic E-state index is -1.02. The van der Waals surface area contributed by atoms with Gasteiger partial charge in [0.15, 0.2) is 0 Å². The summed E-state index contributed by atoms with van der Waals surface area (Å²) in [5.74, 6) is -3.24. The molecule has 0 radical (unpaired) electrons. The number of aromatic amines is 1. The van der Waals surface area contributed by atoms with E-state index in [0.717, 1.165) is 70.6 Å². The highest BCUT2D eigenvalue weighted by Gasteiger charge is 2.51. The van der Waals surface area contributed by atoms with E-state index in [9.17, 15) is 28.8 Å². The Kier molecular flexibility index (Phi) is 12.8. The molecule has 5 rings (SSSR count). The Morgan fingerprint density at radius 2 is 1.57 bits per heavy atom. The van der Waals surface area contributed by atoms with Crippen molar-refractivity contribution in [1.82, 2.24) is 31.2 Å². The number of hydrogen-bond donors (Lipinski definition) is 5. The maximum atomic E-state index is 14.8. The predicted octanol–water partition coefficient (Wildman–Crippen LogP) is 4.82. The SMILES string of the molecule is CCC[C@H](NC(=O)[C@@H]1C[C@@H]2CCCC[C@@H]2N1C(=O)[C@@H](NC(=O)C(NC(=O)c1cc(Cl)c(Cl)[nH]1)C1CCCCC1)C(C)(C)C)C(=O)C(=O)NC1CC1. The van der Waals surface area contributed by atoms with E-state index in [2.05, 4.69) is 26.3 Å². The van der Waals surface area contributed by atoms with Crippen molar-refractivity contribution in [3.05, 3.63) is 21.9 Å². The second kappa shape index (κ2) is 16.7. The van der Waals surface area contributed by atoms with Gasteiger partial charge in [-0.1, -0.05) is 89.4 Å². The van der Waals surface area contributed by atoms with Gasteiger partial charge in [-0.25, -0.2) is 0 Å². The summed E-state index contributed by atoms with van der Waals surface area (Å²) in [5.41, 5.74) is -0.634. The van der Waals surface area contributed by atoms with Crippen molar-refractivity contribution < 1.29 is 28.8 Å². The molecule has 14 heteroatoms. The summed E-state index contributed by atoms with van der Waals surface area (Å²) in [6, 6.07) is -2.57. The monoisotopic (exact) mass is 748 g/mol. The fourth-order valence-electron chi connectivity index (χ4n) is 8.12. The second-order valence-electron chi connectivity index (χ2n) is 16.1. The number of fused-ring (bicyclic) bond motifs is 1. The van der Waals surface area contributed by atoms with Gasteiger partial charge in [-0.05, 0) is 74.7 Å². The smallest absolute Gasteiger partial charge is 0.289 e. The summed E-state index contributed by atoms with van der Waals surface area (Å²) >= 11 is 12.1. The molecule has 5 N–H and O–H groups in total. The van der Waals surface area contributed by atoms with Gasteiger partial charge < -0.3 is 31.2 Å². The molecule has 282 valence electrons. The third-order valence-corrected chi connectivity index (χ3v) is 11.7. The molecule has 1 aromatic heterocycles. The number of rotatable bonds is 13. The van der Waals surface area contributed by atoms with Crippen LogP contribution in [0.5, 0.6) is 0 Å². The van der Waals surface area contributed by atoms with Crippen molar-refractivity contribution in [2.45, 2.75) is 154 Å². The molecule has 3 saturated carbocycles. The molecule has 1 aliphatic heterocycles. The van der Waals surface area contributed by atoms with Crippen LogP contribution < -0.4 is 21.3 Å². The number of carbonyl (C=O) groups is 6. The average molecular weight is 750 g/mol. The largest absolute Gasteiger partial charge is 0.347 e. The highest BCUT2D eigenvalue weighted by atomic mass is 35.5. The van der Waals surface area contributed by atoms with Gasteiger partial charge in [0.2, 0.25) is 23.5 Å². The first-order chi connectivity index (χ1) is 24.2. The van der Waals surface area contributed by atoms with Crippen LogP contribution in [0.2, 0.25) is 10.2 Å². The van der Waals surface area contributed by atoms with Gasteiger partial charge in [0.25, 0.3) is 11.8 Å². The summed E-state index contributed by atoms with van der Waals surface area (Å²) in [7, 11) is 0. The zero-order valence-corrected chi connectivity index (χ0v) is 31.8. The van der Waals surface area contributed by atoms with Gasteiger partial charge in [-0.3, -0.25) is 28.8 Å². The zero-order chi connectivity index (χ0) is 37.0. The third-order valence-electron chi connectivity index (χ3n) is 11.1. The van der Waals surface area contributed by atoms with Gasteiger partial charge in [0.1, 0.15) is 29.0 Å². The molecule has 12 nitrogen and oxygen atoms in total. The first-order valence-corrected chi connectivity index (χ1v) is 19.6. The van der Waals surface area contributed by atoms with Crippen LogP contribution in [0, 0.1) is 17.3 Å². The number of nitrogens with zero attached hydrogens (tertiary/aromatic N) is 1. The molecule has 0 bridgehead atoms. The van der Waals surface area contributed by atoms with E-state index in [0.29, 0.717) is 19.3 Å². The lowest BCUT2D eigenvalue weighted by Crippen LogP contribution is -2.63. The van der Waals surface area contributed by atoms with E-state index in [1.165, 1.54) is 6.07 Å². The number of nitrogens with one attached hydrogen (secondary N) is 5. The lowest BCUT2D eigenvalue weighted by molar-refractivity contribution is -0.147. The number of amides is 5. The maximum Gasteiger partial charge on any atom is 0.289 e. The Morgan fingerprint density at radius 1 is 0.902 bits per heavy atom. The van der Waals surface area contributed by atoms with Gasteiger partial charge in [0.05, 0.1) is 11.1 Å². The Balaban J connectivity index is 1.38. The van der Waals surface area contributed by atoms with Crippen LogP contribution in [0.15, 0.2) is 6.07 Å². The minimum Gasteiger partial charge on any atom is -0.347 e. The van der Waals surface area contributed by atoms with E-state index in [1.807, 2.05) is 27.7 Å². The quantitative estimate of drug-likeness (QED) is 0.181. The lowest BCUT2D eigenvalue weighted by Gasteiger charge is -2.40. The van der Waals surface area contributed by atoms with Crippen molar-refractivity contribution in [3.8, 4) is 0 Å². The van der Waals surface area contributed by atoms with Crippen molar-refractivity contribution in [3.63, 3.8) is 0 Å². The second-order valence-corrected chi connectivity index (χ2v) is 16.9. The van der Waals surface area contributed by atoms with Crippen molar-refractivity contribution in [2.75, 3.05) is 0 Å². The minimum absolute atomic E-state index is 0.00605. The van der Waals surface area contributed by atoms with E-state index >= 15 is 0 Å². The normalized spacial score (nSPS) is 24.1. The molecule has 0 spiro atoms. The molecular formula is C37H54Cl2N6O6. The maximum absolute atomic E-state index is 14.8. The van der Waals surface area contributed by atoms with E-state index in [4.69, 9.17) is 23.2 Å². The molecule has 3 aliphatic carbocycles. The Hall–Kier alpha value is -3.12. The molecule has 6 atom stereocenters. The summed E-state index contributed by atoms with van der Waals surface area (Å²) in [6.07, 6.45) is 10.9. The molecule has 4 fully saturated rings. The van der Waals surface area contributed by atoms with Crippen LogP contribution in [0.25, 0.3) is 0 Å². The molecule has 1 aromatic rings. The van der Waals surface area contributed by atoms with E-state index in [-0.39, 0.29) is 45.7 Å². The van der Waals surface area contributed by atoms with Crippen molar-refractivity contribution in [2.24, 2.45) is 17.3 Å². The molecule has 1 unspecified atom stereocenters. The Bertz CT molecular complexity index is 1460. The predicted molar refractivity (Wildman–Crippen MR) is 194 cm³/mol. The highest BCUT2D eigenvalue weighted by molar-refractivity contribution is 6.41. The van der Waals surface area contributed by atoms with Gasteiger partial charge in [-0.2, -0.15) is 0 Å². The first kappa shape index (κ1) is 39.1. The number of carbonyl (C=O) groups excluding carboxylic acids is 6. The van der Waals surface area contributed by atoms with Crippen LogP contribution in [-0.4, -0.2) is 81.5 Å². The number of likely N-dealkylation sites (tertiary alicyclic amines) is 1. The van der Waals surface area contributed by atoms with Crippen molar-refractivity contribution in [1.29, 1.82) is 0 Å². The summed E-state index contributed by atoms with van der Waals surface area (Å²) in [4.78, 5) is 86.8. The van der Waals surface area contributed by atoms with Crippen LogP contribution in [0.1, 0.15) is 128 Å². The number of hydrogen-bond acceptors (Lipinski definition) is 6. The standard InChI is InChI=1S/C37H54Cl2N6O6/c1-5-11-24(29(46)35(50)40-22-16-17-22)42-33(48)27-18-21-14-9-10-15-26(21)45(27)36(51)30(37(2,3)4)44-34(49)28(20-12-7-6-8-13-20)43-32(47)25-19-23(38)31(39)41-25/h19-22,24,26-28,30,41H,5-18H2,1-4H3,(H,40,50)(H,42,48)(H,43,47)(H,44,49)/t21-,24-,26-,27-,28?,30+/m0/s1. The fraction of sp³-hybridized carbons (Fsp3) is 0.730. The van der Waals surface area contributed by atoms with Crippen molar-refractivity contribution >= 4 is 58.5 Å². The number of halogens is 2. The summed E-state index contributed by atoms with van der Waals surface area (Å²) in [5, 5.41) is 11.8. The van der Waals surface area contributed by atoms with E-state index < -0.39 is 59.0 Å². The van der Waals surface area contributed by atoms with Crippen LogP contribution in [0.4, 0.5) is 0 Å². The molecule has 0 aromatic carbocycles. The van der Waals surface area contributed by atoms with Crippen LogP contribution in [-0.2, 0) is 24.0 Å². The van der Waals surface area contributed by atoms with Crippen LogP contribution >= 0.6 is 23.2 Å².